The molecule has 1 N–H and O–H groups in total. The SMILES string of the molecule is CCOC(c1ccccc1)c1noc(C(C)C(C)O)n1. The standard InChI is InChI=1S/C15H20N2O3/c1-4-19-13(12-8-6-5-7-9-12)14-16-15(20-17-14)10(2)11(3)18/h5-11,13,18H,4H2,1-3H3. The van der Waals surface area contributed by atoms with Crippen LogP contribution >= 0.6 is 0 Å². The molecule has 2 aromatic rings. The molecule has 0 aliphatic heterocycles. The Morgan fingerprint density at radius 3 is 2.55 bits per heavy atom. The van der Waals surface area contributed by atoms with Gasteiger partial charge in [0.05, 0.1) is 12.0 Å². The summed E-state index contributed by atoms with van der Waals surface area (Å²) in [5.74, 6) is 0.713. The Labute approximate surface area is 118 Å². The highest BCUT2D eigenvalue weighted by Gasteiger charge is 2.24. The van der Waals surface area contributed by atoms with E-state index in [0.717, 1.165) is 5.56 Å². The van der Waals surface area contributed by atoms with E-state index in [9.17, 15) is 5.11 Å². The van der Waals surface area contributed by atoms with Crippen molar-refractivity contribution in [2.24, 2.45) is 0 Å². The summed E-state index contributed by atoms with van der Waals surface area (Å²) in [5, 5.41) is 13.6. The van der Waals surface area contributed by atoms with Crippen molar-refractivity contribution in [3.63, 3.8) is 0 Å². The first-order valence-electron chi connectivity index (χ1n) is 6.81. The summed E-state index contributed by atoms with van der Waals surface area (Å²) >= 11 is 0. The summed E-state index contributed by atoms with van der Waals surface area (Å²) in [7, 11) is 0. The first kappa shape index (κ1) is 14.7. The fraction of sp³-hybridized carbons (Fsp3) is 0.467. The lowest BCUT2D eigenvalue weighted by Crippen LogP contribution is -2.12. The van der Waals surface area contributed by atoms with E-state index in [4.69, 9.17) is 9.26 Å². The topological polar surface area (TPSA) is 68.4 Å². The zero-order chi connectivity index (χ0) is 14.5. The molecule has 2 rings (SSSR count). The summed E-state index contributed by atoms with van der Waals surface area (Å²) < 4.78 is 11.0. The Hall–Kier alpha value is -1.72. The number of hydrogen-bond acceptors (Lipinski definition) is 5. The molecule has 0 spiro atoms. The minimum atomic E-state index is -0.537. The highest BCUT2D eigenvalue weighted by atomic mass is 16.5. The van der Waals surface area contributed by atoms with E-state index in [0.29, 0.717) is 18.3 Å². The minimum absolute atomic E-state index is 0.200. The average Bonchev–Trinajstić information content (AvgIpc) is 2.94. The van der Waals surface area contributed by atoms with Gasteiger partial charge in [0.15, 0.2) is 0 Å². The van der Waals surface area contributed by atoms with Gasteiger partial charge in [0.2, 0.25) is 11.7 Å². The maximum atomic E-state index is 9.58. The Morgan fingerprint density at radius 1 is 1.25 bits per heavy atom. The zero-order valence-corrected chi connectivity index (χ0v) is 12.0. The van der Waals surface area contributed by atoms with Crippen molar-refractivity contribution in [3.8, 4) is 0 Å². The number of hydrogen-bond donors (Lipinski definition) is 1. The van der Waals surface area contributed by atoms with Crippen LogP contribution in [0.15, 0.2) is 34.9 Å². The monoisotopic (exact) mass is 276 g/mol. The number of aliphatic hydroxyl groups is 1. The maximum absolute atomic E-state index is 9.58. The molecule has 0 fully saturated rings. The Bertz CT molecular complexity index is 525. The van der Waals surface area contributed by atoms with Crippen molar-refractivity contribution in [3.05, 3.63) is 47.6 Å². The molecule has 5 heteroatoms. The number of benzene rings is 1. The molecule has 0 bridgehead atoms. The average molecular weight is 276 g/mol. The highest BCUT2D eigenvalue weighted by molar-refractivity contribution is 5.22. The highest BCUT2D eigenvalue weighted by Crippen LogP contribution is 2.25. The van der Waals surface area contributed by atoms with Crippen molar-refractivity contribution in [2.75, 3.05) is 6.61 Å². The molecule has 0 saturated heterocycles. The van der Waals surface area contributed by atoms with Gasteiger partial charge in [-0.25, -0.2) is 0 Å². The Kier molecular flexibility index (Phi) is 4.87. The Morgan fingerprint density at radius 2 is 1.95 bits per heavy atom. The van der Waals surface area contributed by atoms with Crippen LogP contribution in [0.4, 0.5) is 0 Å². The predicted molar refractivity (Wildman–Crippen MR) is 74.3 cm³/mol. The van der Waals surface area contributed by atoms with E-state index in [1.54, 1.807) is 6.92 Å². The van der Waals surface area contributed by atoms with E-state index >= 15 is 0 Å². The smallest absolute Gasteiger partial charge is 0.232 e. The van der Waals surface area contributed by atoms with Crippen LogP contribution in [0.3, 0.4) is 0 Å². The third-order valence-electron chi connectivity index (χ3n) is 3.24. The van der Waals surface area contributed by atoms with E-state index in [-0.39, 0.29) is 12.0 Å². The molecule has 0 saturated carbocycles. The van der Waals surface area contributed by atoms with Gasteiger partial charge in [-0.05, 0) is 19.4 Å². The van der Waals surface area contributed by atoms with Gasteiger partial charge >= 0.3 is 0 Å². The first-order chi connectivity index (χ1) is 9.63. The first-order valence-corrected chi connectivity index (χ1v) is 6.81. The van der Waals surface area contributed by atoms with Crippen LogP contribution in [-0.2, 0) is 4.74 Å². The predicted octanol–water partition coefficient (Wildman–Crippen LogP) is 2.68. The van der Waals surface area contributed by atoms with Crippen molar-refractivity contribution >= 4 is 0 Å². The van der Waals surface area contributed by atoms with E-state index in [1.807, 2.05) is 44.2 Å². The summed E-state index contributed by atoms with van der Waals surface area (Å²) in [6, 6.07) is 9.77. The second-order valence-corrected chi connectivity index (χ2v) is 4.77. The maximum Gasteiger partial charge on any atom is 0.232 e. The molecule has 1 aromatic heterocycles. The van der Waals surface area contributed by atoms with Crippen molar-refractivity contribution in [2.45, 2.75) is 38.9 Å². The normalized spacial score (nSPS) is 15.8. The fourth-order valence-corrected chi connectivity index (χ4v) is 1.86. The lowest BCUT2D eigenvalue weighted by molar-refractivity contribution is 0.0833. The van der Waals surface area contributed by atoms with Gasteiger partial charge in [-0.15, -0.1) is 0 Å². The quantitative estimate of drug-likeness (QED) is 0.878. The molecule has 5 nitrogen and oxygen atoms in total. The van der Waals surface area contributed by atoms with Crippen LogP contribution in [0.5, 0.6) is 0 Å². The lowest BCUT2D eigenvalue weighted by atomic mass is 10.1. The van der Waals surface area contributed by atoms with Crippen molar-refractivity contribution in [1.29, 1.82) is 0 Å². The largest absolute Gasteiger partial charge is 0.393 e. The third kappa shape index (κ3) is 3.23. The second kappa shape index (κ2) is 6.63. The van der Waals surface area contributed by atoms with Crippen LogP contribution in [0.2, 0.25) is 0 Å². The number of ether oxygens (including phenoxy) is 1. The molecule has 0 amide bonds. The van der Waals surface area contributed by atoms with Gasteiger partial charge in [-0.2, -0.15) is 4.98 Å². The molecular weight excluding hydrogens is 256 g/mol. The minimum Gasteiger partial charge on any atom is -0.393 e. The molecule has 1 aromatic carbocycles. The van der Waals surface area contributed by atoms with Crippen molar-refractivity contribution < 1.29 is 14.4 Å². The van der Waals surface area contributed by atoms with Gasteiger partial charge in [-0.3, -0.25) is 0 Å². The number of aliphatic hydroxyl groups excluding tert-OH is 1. The number of aromatic nitrogens is 2. The van der Waals surface area contributed by atoms with E-state index < -0.39 is 6.10 Å². The summed E-state index contributed by atoms with van der Waals surface area (Å²) in [6.45, 7) is 6.02. The zero-order valence-electron chi connectivity index (χ0n) is 12.0. The molecule has 108 valence electrons. The summed E-state index contributed by atoms with van der Waals surface area (Å²) in [4.78, 5) is 4.36. The van der Waals surface area contributed by atoms with Crippen LogP contribution in [0.1, 0.15) is 50.1 Å². The molecule has 3 atom stereocenters. The van der Waals surface area contributed by atoms with E-state index in [2.05, 4.69) is 10.1 Å². The number of rotatable bonds is 6. The third-order valence-corrected chi connectivity index (χ3v) is 3.24. The van der Waals surface area contributed by atoms with Crippen LogP contribution < -0.4 is 0 Å². The van der Waals surface area contributed by atoms with Crippen LogP contribution in [-0.4, -0.2) is 28.0 Å². The molecule has 1 heterocycles. The fourth-order valence-electron chi connectivity index (χ4n) is 1.86. The molecule has 0 aliphatic rings. The van der Waals surface area contributed by atoms with Gasteiger partial charge in [0.25, 0.3) is 0 Å². The Balaban J connectivity index is 2.27. The lowest BCUT2D eigenvalue weighted by Gasteiger charge is -2.13. The number of nitrogens with zero attached hydrogens (tertiary/aromatic N) is 2. The van der Waals surface area contributed by atoms with Crippen LogP contribution in [0, 0.1) is 0 Å². The molecule has 3 unspecified atom stereocenters. The summed E-state index contributed by atoms with van der Waals surface area (Å²) in [5.41, 5.74) is 0.978. The van der Waals surface area contributed by atoms with Gasteiger partial charge in [0, 0.05) is 6.61 Å². The van der Waals surface area contributed by atoms with Gasteiger partial charge < -0.3 is 14.4 Å². The van der Waals surface area contributed by atoms with Crippen LogP contribution in [0.25, 0.3) is 0 Å². The molecule has 20 heavy (non-hydrogen) atoms. The summed E-state index contributed by atoms with van der Waals surface area (Å²) in [6.07, 6.45) is -0.884. The van der Waals surface area contributed by atoms with Gasteiger partial charge in [-0.1, -0.05) is 42.4 Å². The second-order valence-electron chi connectivity index (χ2n) is 4.77. The van der Waals surface area contributed by atoms with Gasteiger partial charge in [0.1, 0.15) is 6.10 Å². The molecule has 0 radical (unpaired) electrons. The van der Waals surface area contributed by atoms with Crippen molar-refractivity contribution in [1.82, 2.24) is 10.1 Å². The molecule has 0 aliphatic carbocycles. The molecular formula is C15H20N2O3. The van der Waals surface area contributed by atoms with E-state index in [1.165, 1.54) is 0 Å².